The van der Waals surface area contributed by atoms with Gasteiger partial charge in [0, 0.05) is 32.1 Å². The molecule has 0 spiro atoms. The Kier molecular flexibility index (Phi) is 6.47. The van der Waals surface area contributed by atoms with Crippen LogP contribution in [0.3, 0.4) is 0 Å². The van der Waals surface area contributed by atoms with Gasteiger partial charge >= 0.3 is 0 Å². The Morgan fingerprint density at radius 1 is 1.10 bits per heavy atom. The van der Waals surface area contributed by atoms with E-state index in [4.69, 9.17) is 4.52 Å². The smallest absolute Gasteiger partial charge is 0.227 e. The van der Waals surface area contributed by atoms with E-state index in [1.807, 2.05) is 35.2 Å². The Balaban J connectivity index is 1.20. The molecular formula is C23H25FN4O2. The first-order valence-electron chi connectivity index (χ1n) is 10.4. The van der Waals surface area contributed by atoms with Crippen molar-refractivity contribution in [2.45, 2.75) is 38.5 Å². The van der Waals surface area contributed by atoms with E-state index in [0.29, 0.717) is 36.2 Å². The van der Waals surface area contributed by atoms with Crippen molar-refractivity contribution in [2.75, 3.05) is 13.1 Å². The third kappa shape index (κ3) is 5.09. The molecule has 0 saturated carbocycles. The highest BCUT2D eigenvalue weighted by atomic mass is 19.1. The van der Waals surface area contributed by atoms with Crippen LogP contribution in [0.1, 0.15) is 37.1 Å². The molecule has 156 valence electrons. The third-order valence-electron chi connectivity index (χ3n) is 5.66. The van der Waals surface area contributed by atoms with Crippen molar-refractivity contribution >= 4 is 5.91 Å². The fraction of sp³-hybridized carbons (Fsp3) is 0.391. The summed E-state index contributed by atoms with van der Waals surface area (Å²) >= 11 is 0. The summed E-state index contributed by atoms with van der Waals surface area (Å²) in [6, 6.07) is 12.5. The molecule has 6 nitrogen and oxygen atoms in total. The van der Waals surface area contributed by atoms with E-state index in [1.165, 1.54) is 6.07 Å². The second kappa shape index (κ2) is 9.61. The van der Waals surface area contributed by atoms with Gasteiger partial charge < -0.3 is 9.42 Å². The number of nitrogens with zero attached hydrogens (tertiary/aromatic N) is 4. The lowest BCUT2D eigenvalue weighted by Crippen LogP contribution is -2.38. The lowest BCUT2D eigenvalue weighted by molar-refractivity contribution is -0.132. The van der Waals surface area contributed by atoms with Gasteiger partial charge in [-0.1, -0.05) is 29.4 Å². The number of carbonyl (C=O) groups is 1. The molecule has 0 atom stereocenters. The standard InChI is InChI=1S/C23H25FN4O2/c24-19-6-2-1-5-18(19)9-8-17-12-15-28(16-13-17)22(29)11-10-21-26-23(27-30-21)20-7-3-4-14-25-20/h1-7,14,17H,8-13,15-16H2. The minimum absolute atomic E-state index is 0.111. The molecule has 1 aliphatic heterocycles. The molecule has 1 saturated heterocycles. The van der Waals surface area contributed by atoms with E-state index in [9.17, 15) is 9.18 Å². The fourth-order valence-corrected chi connectivity index (χ4v) is 3.86. The highest BCUT2D eigenvalue weighted by Gasteiger charge is 2.23. The Labute approximate surface area is 175 Å². The Morgan fingerprint density at radius 3 is 2.67 bits per heavy atom. The van der Waals surface area contributed by atoms with Crippen LogP contribution in [0.25, 0.3) is 11.5 Å². The second-order valence-corrected chi connectivity index (χ2v) is 7.68. The number of piperidine rings is 1. The number of benzene rings is 1. The summed E-state index contributed by atoms with van der Waals surface area (Å²) in [4.78, 5) is 23.0. The Bertz CT molecular complexity index is 968. The van der Waals surface area contributed by atoms with Crippen molar-refractivity contribution in [3.8, 4) is 11.5 Å². The van der Waals surface area contributed by atoms with Crippen molar-refractivity contribution in [1.82, 2.24) is 20.0 Å². The van der Waals surface area contributed by atoms with Crippen LogP contribution in [-0.2, 0) is 17.6 Å². The fourth-order valence-electron chi connectivity index (χ4n) is 3.86. The van der Waals surface area contributed by atoms with E-state index in [1.54, 1.807) is 12.3 Å². The minimum atomic E-state index is -0.127. The van der Waals surface area contributed by atoms with E-state index in [-0.39, 0.29) is 11.7 Å². The average Bonchev–Trinajstić information content (AvgIpc) is 3.27. The molecule has 0 bridgehead atoms. The van der Waals surface area contributed by atoms with Crippen LogP contribution < -0.4 is 0 Å². The number of halogens is 1. The normalized spacial score (nSPS) is 14.8. The first kappa shape index (κ1) is 20.2. The van der Waals surface area contributed by atoms with Gasteiger partial charge in [-0.2, -0.15) is 4.98 Å². The van der Waals surface area contributed by atoms with E-state index < -0.39 is 0 Å². The summed E-state index contributed by atoms with van der Waals surface area (Å²) in [7, 11) is 0. The molecule has 1 aliphatic rings. The first-order valence-corrected chi connectivity index (χ1v) is 10.4. The topological polar surface area (TPSA) is 72.1 Å². The SMILES string of the molecule is O=C(CCc1nc(-c2ccccn2)no1)N1CCC(CCc2ccccc2F)CC1. The van der Waals surface area contributed by atoms with Gasteiger partial charge in [0.25, 0.3) is 0 Å². The zero-order chi connectivity index (χ0) is 20.8. The van der Waals surface area contributed by atoms with Gasteiger partial charge in [0.05, 0.1) is 0 Å². The molecule has 3 heterocycles. The second-order valence-electron chi connectivity index (χ2n) is 7.68. The summed E-state index contributed by atoms with van der Waals surface area (Å²) in [5.74, 6) is 1.40. The molecule has 1 fully saturated rings. The van der Waals surface area contributed by atoms with Gasteiger partial charge in [0.1, 0.15) is 11.5 Å². The molecular weight excluding hydrogens is 383 g/mol. The molecule has 2 aromatic heterocycles. The number of pyridine rings is 1. The number of carbonyl (C=O) groups excluding carboxylic acids is 1. The molecule has 1 aromatic carbocycles. The van der Waals surface area contributed by atoms with Crippen molar-refractivity contribution in [3.63, 3.8) is 0 Å². The molecule has 3 aromatic rings. The number of hydrogen-bond acceptors (Lipinski definition) is 5. The molecule has 4 rings (SSSR count). The molecule has 30 heavy (non-hydrogen) atoms. The number of rotatable bonds is 7. The summed E-state index contributed by atoms with van der Waals surface area (Å²) in [5.41, 5.74) is 1.43. The number of aryl methyl sites for hydroxylation is 2. The molecule has 0 unspecified atom stereocenters. The van der Waals surface area contributed by atoms with Crippen molar-refractivity contribution < 1.29 is 13.7 Å². The monoisotopic (exact) mass is 408 g/mol. The van der Waals surface area contributed by atoms with Crippen LogP contribution in [0, 0.1) is 11.7 Å². The summed E-state index contributed by atoms with van der Waals surface area (Å²) in [6.07, 6.45) is 6.09. The van der Waals surface area contributed by atoms with Crippen molar-refractivity contribution in [1.29, 1.82) is 0 Å². The maximum atomic E-state index is 13.8. The largest absolute Gasteiger partial charge is 0.343 e. The van der Waals surface area contributed by atoms with Gasteiger partial charge in [0.2, 0.25) is 17.6 Å². The number of amides is 1. The lowest BCUT2D eigenvalue weighted by Gasteiger charge is -2.32. The summed E-state index contributed by atoms with van der Waals surface area (Å²) < 4.78 is 19.0. The molecule has 1 amide bonds. The van der Waals surface area contributed by atoms with Crippen LogP contribution in [-0.4, -0.2) is 39.0 Å². The van der Waals surface area contributed by atoms with Gasteiger partial charge in [0.15, 0.2) is 0 Å². The predicted molar refractivity (Wildman–Crippen MR) is 110 cm³/mol. The van der Waals surface area contributed by atoms with E-state index in [0.717, 1.165) is 44.3 Å². The van der Waals surface area contributed by atoms with Crippen LogP contribution in [0.4, 0.5) is 4.39 Å². The van der Waals surface area contributed by atoms with Gasteiger partial charge in [-0.05, 0) is 55.4 Å². The first-order chi connectivity index (χ1) is 14.7. The van der Waals surface area contributed by atoms with Crippen LogP contribution in [0.15, 0.2) is 53.2 Å². The zero-order valence-electron chi connectivity index (χ0n) is 16.8. The van der Waals surface area contributed by atoms with Crippen molar-refractivity contribution in [3.05, 3.63) is 65.9 Å². The Hall–Kier alpha value is -3.09. The predicted octanol–water partition coefficient (Wildman–Crippen LogP) is 4.07. The van der Waals surface area contributed by atoms with Crippen LogP contribution in [0.5, 0.6) is 0 Å². The Morgan fingerprint density at radius 2 is 1.90 bits per heavy atom. The number of hydrogen-bond donors (Lipinski definition) is 0. The molecule has 0 aliphatic carbocycles. The van der Waals surface area contributed by atoms with Gasteiger partial charge in [-0.3, -0.25) is 9.78 Å². The average molecular weight is 408 g/mol. The highest BCUT2D eigenvalue weighted by molar-refractivity contribution is 5.76. The minimum Gasteiger partial charge on any atom is -0.343 e. The van der Waals surface area contributed by atoms with Crippen LogP contribution >= 0.6 is 0 Å². The third-order valence-corrected chi connectivity index (χ3v) is 5.66. The van der Waals surface area contributed by atoms with Gasteiger partial charge in [-0.25, -0.2) is 4.39 Å². The molecule has 0 radical (unpaired) electrons. The van der Waals surface area contributed by atoms with E-state index >= 15 is 0 Å². The van der Waals surface area contributed by atoms with Crippen molar-refractivity contribution in [2.24, 2.45) is 5.92 Å². The number of aromatic nitrogens is 3. The quantitative estimate of drug-likeness (QED) is 0.589. The lowest BCUT2D eigenvalue weighted by atomic mass is 9.90. The summed E-state index contributed by atoms with van der Waals surface area (Å²) in [6.45, 7) is 1.51. The zero-order valence-corrected chi connectivity index (χ0v) is 16.8. The maximum absolute atomic E-state index is 13.8. The maximum Gasteiger partial charge on any atom is 0.227 e. The van der Waals surface area contributed by atoms with Gasteiger partial charge in [-0.15, -0.1) is 0 Å². The number of likely N-dealkylation sites (tertiary alicyclic amines) is 1. The van der Waals surface area contributed by atoms with E-state index in [2.05, 4.69) is 15.1 Å². The molecule has 7 heteroatoms. The van der Waals surface area contributed by atoms with Crippen LogP contribution in [0.2, 0.25) is 0 Å². The highest BCUT2D eigenvalue weighted by Crippen LogP contribution is 2.24. The molecule has 0 N–H and O–H groups in total. The summed E-state index contributed by atoms with van der Waals surface area (Å²) in [5, 5.41) is 3.94.